The van der Waals surface area contributed by atoms with Crippen LogP contribution in [0.25, 0.3) is 0 Å². The summed E-state index contributed by atoms with van der Waals surface area (Å²) in [5.41, 5.74) is 2.35. The van der Waals surface area contributed by atoms with E-state index in [4.69, 9.17) is 44.3 Å². The molecule has 1 aliphatic heterocycles. The Hall–Kier alpha value is -3.04. The number of rotatable bonds is 10. The van der Waals surface area contributed by atoms with Gasteiger partial charge < -0.3 is 19.7 Å². The molecule has 5 rings (SSSR count). The first-order chi connectivity index (χ1) is 19.3. The first-order valence-electron chi connectivity index (χ1n) is 13.1. The summed E-state index contributed by atoms with van der Waals surface area (Å²) in [4.78, 5) is 34.6. The molecule has 1 saturated heterocycles. The number of aromatic nitrogens is 1. The smallest absolute Gasteiger partial charge is 0.247 e. The molecule has 2 amide bonds. The Morgan fingerprint density at radius 1 is 1.05 bits per heavy atom. The molecule has 8 nitrogen and oxygen atoms in total. The minimum absolute atomic E-state index is 0.117. The zero-order valence-corrected chi connectivity index (χ0v) is 24.2. The summed E-state index contributed by atoms with van der Waals surface area (Å²) in [6.45, 7) is 3.19. The van der Waals surface area contributed by atoms with Gasteiger partial charge in [0.05, 0.1) is 28.5 Å². The monoisotopic (exact) mass is 602 g/mol. The van der Waals surface area contributed by atoms with Crippen molar-refractivity contribution < 1.29 is 19.1 Å². The van der Waals surface area contributed by atoms with E-state index in [0.717, 1.165) is 24.0 Å². The quantitative estimate of drug-likeness (QED) is 0.317. The highest BCUT2D eigenvalue weighted by atomic mass is 35.5. The van der Waals surface area contributed by atoms with E-state index in [1.54, 1.807) is 30.5 Å². The van der Waals surface area contributed by atoms with Crippen LogP contribution in [0.4, 0.5) is 5.69 Å². The molecule has 2 fully saturated rings. The summed E-state index contributed by atoms with van der Waals surface area (Å²) in [7, 11) is 0. The molecule has 0 spiro atoms. The third kappa shape index (κ3) is 6.63. The summed E-state index contributed by atoms with van der Waals surface area (Å²) >= 11 is 18.8. The number of nitrogens with one attached hydrogen (secondary N) is 1. The topological polar surface area (TPSA) is 84.0 Å². The van der Waals surface area contributed by atoms with Gasteiger partial charge in [-0.25, -0.2) is 4.98 Å². The summed E-state index contributed by atoms with van der Waals surface area (Å²) in [6, 6.07) is 13.9. The number of carbonyl (C=O) groups excluding carboxylic acids is 2. The van der Waals surface area contributed by atoms with Gasteiger partial charge in [-0.05, 0) is 55.2 Å². The normalized spacial score (nSPS) is 17.1. The number of nitrogens with zero attached hydrogens (tertiary/aromatic N) is 3. The van der Waals surface area contributed by atoms with Crippen LogP contribution < -0.4 is 19.7 Å². The number of hydrogen-bond acceptors (Lipinski definition) is 6. The average Bonchev–Trinajstić information content (AvgIpc) is 3.77. The third-order valence-corrected chi connectivity index (χ3v) is 7.70. The van der Waals surface area contributed by atoms with Gasteiger partial charge in [-0.2, -0.15) is 0 Å². The molecule has 2 aliphatic rings. The predicted molar refractivity (Wildman–Crippen MR) is 156 cm³/mol. The predicted octanol–water partition coefficient (Wildman–Crippen LogP) is 5.30. The number of halogens is 3. The fraction of sp³-hybridized carbons (Fsp3) is 0.345. The van der Waals surface area contributed by atoms with Crippen LogP contribution >= 0.6 is 34.8 Å². The molecule has 3 aromatic rings. The molecule has 1 N–H and O–H groups in total. The number of hydrogen-bond donors (Lipinski definition) is 1. The molecule has 1 atom stereocenters. The lowest BCUT2D eigenvalue weighted by Crippen LogP contribution is -2.61. The van der Waals surface area contributed by atoms with E-state index in [-0.39, 0.29) is 37.6 Å². The van der Waals surface area contributed by atoms with Crippen LogP contribution in [0.1, 0.15) is 24.0 Å². The Morgan fingerprint density at radius 2 is 1.77 bits per heavy atom. The Labute approximate surface area is 248 Å². The summed E-state index contributed by atoms with van der Waals surface area (Å²) in [6.07, 6.45) is 3.41. The van der Waals surface area contributed by atoms with Crippen molar-refractivity contribution >= 4 is 52.3 Å². The lowest BCUT2D eigenvalue weighted by atomic mass is 10.1. The van der Waals surface area contributed by atoms with E-state index in [1.807, 2.05) is 36.1 Å². The van der Waals surface area contributed by atoms with E-state index in [1.165, 1.54) is 4.90 Å². The van der Waals surface area contributed by atoms with E-state index in [0.29, 0.717) is 45.5 Å². The highest BCUT2D eigenvalue weighted by Gasteiger charge is 2.41. The standard InChI is InChI=1S/C29H29Cl3N4O4/c1-18-12-23(31)28(24(32)13-18)40-11-10-39-26-9-8-21(14-34-26)36-25(15-33-16-27(36)37)29(38)35(20-6-7-20)17-19-4-2-3-5-22(19)30/h2-5,8-9,12-14,20,25,33H,6-7,10-11,15-17H2,1H3/t25-/m1/s1. The Kier molecular flexibility index (Phi) is 9.00. The maximum absolute atomic E-state index is 13.8. The van der Waals surface area contributed by atoms with E-state index < -0.39 is 6.04 Å². The maximum Gasteiger partial charge on any atom is 0.247 e. The molecule has 0 radical (unpaired) electrons. The van der Waals surface area contributed by atoms with E-state index >= 15 is 0 Å². The number of piperazine rings is 1. The SMILES string of the molecule is Cc1cc(Cl)c(OCCOc2ccc(N3C(=O)CNC[C@@H]3C(=O)N(Cc3ccccc3Cl)C3CC3)cn2)c(Cl)c1. The van der Waals surface area contributed by atoms with Gasteiger partial charge in [-0.3, -0.25) is 14.5 Å². The van der Waals surface area contributed by atoms with Gasteiger partial charge >= 0.3 is 0 Å². The lowest BCUT2D eigenvalue weighted by molar-refractivity contribution is -0.136. The molecule has 11 heteroatoms. The van der Waals surface area contributed by atoms with Crippen LogP contribution in [-0.4, -0.2) is 60.1 Å². The van der Waals surface area contributed by atoms with Crippen LogP contribution in [0, 0.1) is 6.92 Å². The molecular weight excluding hydrogens is 575 g/mol. The van der Waals surface area contributed by atoms with Crippen LogP contribution in [0.2, 0.25) is 15.1 Å². The molecule has 1 aromatic heterocycles. The number of carbonyl (C=O) groups is 2. The molecule has 2 heterocycles. The van der Waals surface area contributed by atoms with Gasteiger partial charge in [0.15, 0.2) is 5.75 Å². The van der Waals surface area contributed by atoms with E-state index in [9.17, 15) is 9.59 Å². The summed E-state index contributed by atoms with van der Waals surface area (Å²) in [5.74, 6) is 0.448. The first-order valence-corrected chi connectivity index (χ1v) is 14.2. The summed E-state index contributed by atoms with van der Waals surface area (Å²) in [5, 5.41) is 4.57. The minimum Gasteiger partial charge on any atom is -0.487 e. The zero-order valence-electron chi connectivity index (χ0n) is 21.9. The van der Waals surface area contributed by atoms with Crippen LogP contribution in [-0.2, 0) is 16.1 Å². The van der Waals surface area contributed by atoms with Gasteiger partial charge in [-0.15, -0.1) is 0 Å². The number of benzene rings is 2. The molecule has 210 valence electrons. The fourth-order valence-corrected chi connectivity index (χ4v) is 5.58. The van der Waals surface area contributed by atoms with Crippen molar-refractivity contribution in [1.29, 1.82) is 0 Å². The van der Waals surface area contributed by atoms with Gasteiger partial charge in [0.1, 0.15) is 19.3 Å². The second kappa shape index (κ2) is 12.6. The molecule has 0 bridgehead atoms. The maximum atomic E-state index is 13.8. The summed E-state index contributed by atoms with van der Waals surface area (Å²) < 4.78 is 11.4. The zero-order chi connectivity index (χ0) is 28.2. The van der Waals surface area contributed by atoms with Crippen LogP contribution in [0.15, 0.2) is 54.7 Å². The molecule has 2 aromatic carbocycles. The fourth-order valence-electron chi connectivity index (χ4n) is 4.68. The largest absolute Gasteiger partial charge is 0.487 e. The van der Waals surface area contributed by atoms with Gasteiger partial charge in [-0.1, -0.05) is 53.0 Å². The Balaban J connectivity index is 1.24. The number of amides is 2. The van der Waals surface area contributed by atoms with Crippen molar-refractivity contribution in [2.75, 3.05) is 31.2 Å². The lowest BCUT2D eigenvalue weighted by Gasteiger charge is -2.38. The number of anilines is 1. The number of aryl methyl sites for hydroxylation is 1. The highest BCUT2D eigenvalue weighted by molar-refractivity contribution is 6.37. The van der Waals surface area contributed by atoms with Gasteiger partial charge in [0.25, 0.3) is 0 Å². The first kappa shape index (κ1) is 28.5. The van der Waals surface area contributed by atoms with Crippen molar-refractivity contribution in [3.8, 4) is 11.6 Å². The van der Waals surface area contributed by atoms with Gasteiger partial charge in [0, 0.05) is 30.2 Å². The van der Waals surface area contributed by atoms with Crippen molar-refractivity contribution in [2.24, 2.45) is 0 Å². The van der Waals surface area contributed by atoms with Gasteiger partial charge in [0.2, 0.25) is 17.7 Å². The van der Waals surface area contributed by atoms with Crippen molar-refractivity contribution in [2.45, 2.75) is 38.4 Å². The molecule has 0 unspecified atom stereocenters. The van der Waals surface area contributed by atoms with Crippen LogP contribution in [0.3, 0.4) is 0 Å². The Bertz CT molecular complexity index is 1360. The molecular formula is C29H29Cl3N4O4. The second-order valence-electron chi connectivity index (χ2n) is 9.81. The average molecular weight is 604 g/mol. The number of pyridine rings is 1. The molecule has 40 heavy (non-hydrogen) atoms. The van der Waals surface area contributed by atoms with E-state index in [2.05, 4.69) is 10.3 Å². The molecule has 1 saturated carbocycles. The van der Waals surface area contributed by atoms with Crippen molar-refractivity contribution in [3.05, 3.63) is 80.9 Å². The minimum atomic E-state index is -0.699. The van der Waals surface area contributed by atoms with Crippen molar-refractivity contribution in [3.63, 3.8) is 0 Å². The van der Waals surface area contributed by atoms with Crippen LogP contribution in [0.5, 0.6) is 11.6 Å². The second-order valence-corrected chi connectivity index (χ2v) is 11.0. The third-order valence-electron chi connectivity index (χ3n) is 6.77. The Morgan fingerprint density at radius 3 is 2.45 bits per heavy atom. The van der Waals surface area contributed by atoms with Crippen molar-refractivity contribution in [1.82, 2.24) is 15.2 Å². The number of ether oxygens (including phenoxy) is 2. The molecule has 1 aliphatic carbocycles. The highest BCUT2D eigenvalue weighted by Crippen LogP contribution is 2.34.